The van der Waals surface area contributed by atoms with Gasteiger partial charge in [0.15, 0.2) is 0 Å². The van der Waals surface area contributed by atoms with E-state index in [1.807, 2.05) is 0 Å². The zero-order valence-corrected chi connectivity index (χ0v) is 6.18. The van der Waals surface area contributed by atoms with Gasteiger partial charge < -0.3 is 5.43 Å². The summed E-state index contributed by atoms with van der Waals surface area (Å²) in [6.07, 6.45) is 3.25. The van der Waals surface area contributed by atoms with Crippen LogP contribution < -0.4 is 5.43 Å². The number of nitrogens with one attached hydrogen (secondary N) is 1. The van der Waals surface area contributed by atoms with Gasteiger partial charge in [0, 0.05) is 25.6 Å². The number of carbonyl (C=O) groups is 1. The van der Waals surface area contributed by atoms with E-state index in [-0.39, 0.29) is 0 Å². The predicted molar refractivity (Wildman–Crippen MR) is 40.0 cm³/mol. The number of Topliss-reactive ketones (excluding diaryl/α,β-unsaturated/α-hetero) is 1. The minimum atomic E-state index is 0.320. The van der Waals surface area contributed by atoms with Crippen LogP contribution in [0.25, 0.3) is 0 Å². The summed E-state index contributed by atoms with van der Waals surface area (Å²) in [4.78, 5) is 10.8. The number of hydrogen-bond acceptors (Lipinski definition) is 3. The zero-order valence-electron chi connectivity index (χ0n) is 6.18. The van der Waals surface area contributed by atoms with Crippen molar-refractivity contribution < 1.29 is 4.79 Å². The Morgan fingerprint density at radius 3 is 2.90 bits per heavy atom. The summed E-state index contributed by atoms with van der Waals surface area (Å²) in [5.41, 5.74) is 3.69. The molecular weight excluding hydrogens is 128 g/mol. The maximum atomic E-state index is 10.8. The molecular formula is C7H12N2O. The van der Waals surface area contributed by atoms with Crippen LogP contribution in [0.4, 0.5) is 0 Å². The Morgan fingerprint density at radius 2 is 2.30 bits per heavy atom. The van der Waals surface area contributed by atoms with Gasteiger partial charge in [0.25, 0.3) is 0 Å². The summed E-state index contributed by atoms with van der Waals surface area (Å²) in [5, 5.41) is 3.98. The molecule has 10 heavy (non-hydrogen) atoms. The van der Waals surface area contributed by atoms with Crippen molar-refractivity contribution in [2.75, 3.05) is 7.05 Å². The highest BCUT2D eigenvalue weighted by Crippen LogP contribution is 2.10. The molecule has 0 aromatic heterocycles. The molecule has 0 aliphatic heterocycles. The van der Waals surface area contributed by atoms with Gasteiger partial charge in [-0.15, -0.1) is 0 Å². The van der Waals surface area contributed by atoms with Crippen molar-refractivity contribution >= 4 is 11.5 Å². The predicted octanol–water partition coefficient (Wildman–Crippen LogP) is 0.705. The van der Waals surface area contributed by atoms with Crippen molar-refractivity contribution in [1.29, 1.82) is 0 Å². The molecule has 0 spiro atoms. The van der Waals surface area contributed by atoms with Crippen molar-refractivity contribution in [3.63, 3.8) is 0 Å². The fraction of sp³-hybridized carbons (Fsp3) is 0.714. The molecule has 0 unspecified atom stereocenters. The maximum absolute atomic E-state index is 10.8. The third-order valence-electron chi connectivity index (χ3n) is 1.59. The Morgan fingerprint density at radius 1 is 1.50 bits per heavy atom. The van der Waals surface area contributed by atoms with Crippen molar-refractivity contribution in [2.45, 2.75) is 25.7 Å². The molecule has 3 heteroatoms. The van der Waals surface area contributed by atoms with E-state index in [0.717, 1.165) is 25.0 Å². The topological polar surface area (TPSA) is 41.5 Å². The van der Waals surface area contributed by atoms with Gasteiger partial charge in [-0.05, 0) is 12.8 Å². The van der Waals surface area contributed by atoms with Crippen LogP contribution in [-0.4, -0.2) is 18.5 Å². The summed E-state index contributed by atoms with van der Waals surface area (Å²) < 4.78 is 0. The highest BCUT2D eigenvalue weighted by molar-refractivity contribution is 6.03. The fourth-order valence-corrected chi connectivity index (χ4v) is 1.15. The summed E-state index contributed by atoms with van der Waals surface area (Å²) in [6.45, 7) is 0. The summed E-state index contributed by atoms with van der Waals surface area (Å²) in [5.74, 6) is 0.320. The lowest BCUT2D eigenvalue weighted by atomic mass is 9.97. The fourth-order valence-electron chi connectivity index (χ4n) is 1.15. The molecule has 3 nitrogen and oxygen atoms in total. The van der Waals surface area contributed by atoms with E-state index < -0.39 is 0 Å². The Balaban J connectivity index is 2.47. The Kier molecular flexibility index (Phi) is 2.42. The standard InChI is InChI=1S/C7H12N2O/c1-8-9-6-3-2-4-7(10)5-6/h8H,2-5H2,1H3/b9-6-. The van der Waals surface area contributed by atoms with Gasteiger partial charge in [-0.1, -0.05) is 0 Å². The smallest absolute Gasteiger partial charge is 0.138 e. The Bertz CT molecular complexity index is 163. The van der Waals surface area contributed by atoms with Gasteiger partial charge >= 0.3 is 0 Å². The molecule has 56 valence electrons. The van der Waals surface area contributed by atoms with Gasteiger partial charge in [0.05, 0.1) is 0 Å². The molecule has 1 aliphatic carbocycles. The minimum absolute atomic E-state index is 0.320. The first kappa shape index (κ1) is 7.25. The number of rotatable bonds is 1. The highest BCUT2D eigenvalue weighted by atomic mass is 16.1. The Hall–Kier alpha value is -0.860. The van der Waals surface area contributed by atoms with Crippen molar-refractivity contribution in [3.8, 4) is 0 Å². The molecule has 0 radical (unpaired) electrons. The molecule has 0 bridgehead atoms. The molecule has 0 amide bonds. The summed E-state index contributed by atoms with van der Waals surface area (Å²) in [7, 11) is 1.76. The molecule has 1 saturated carbocycles. The summed E-state index contributed by atoms with van der Waals surface area (Å²) in [6, 6.07) is 0. The van der Waals surface area contributed by atoms with Crippen LogP contribution in [0, 0.1) is 0 Å². The minimum Gasteiger partial charge on any atom is -0.313 e. The molecule has 1 aliphatic rings. The molecule has 0 aromatic rings. The number of hydrazone groups is 1. The maximum Gasteiger partial charge on any atom is 0.138 e. The molecule has 0 saturated heterocycles. The Labute approximate surface area is 60.5 Å². The average molecular weight is 140 g/mol. The van der Waals surface area contributed by atoms with Crippen LogP contribution in [0.5, 0.6) is 0 Å². The zero-order chi connectivity index (χ0) is 7.40. The molecule has 0 atom stereocenters. The van der Waals surface area contributed by atoms with Gasteiger partial charge in [-0.2, -0.15) is 5.10 Å². The number of hydrogen-bond donors (Lipinski definition) is 1. The van der Waals surface area contributed by atoms with Crippen molar-refractivity contribution in [3.05, 3.63) is 0 Å². The molecule has 0 heterocycles. The number of carbonyl (C=O) groups excluding carboxylic acids is 1. The molecule has 1 rings (SSSR count). The SMILES string of the molecule is CN/N=C1/CCCC(=O)C1. The van der Waals surface area contributed by atoms with Gasteiger partial charge in [-0.3, -0.25) is 4.79 Å². The number of ketones is 1. The van der Waals surface area contributed by atoms with Crippen LogP contribution in [0.1, 0.15) is 25.7 Å². The van der Waals surface area contributed by atoms with Gasteiger partial charge in [0.1, 0.15) is 5.78 Å². The lowest BCUT2D eigenvalue weighted by Crippen LogP contribution is -2.16. The molecule has 1 N–H and O–H groups in total. The van der Waals surface area contributed by atoms with Crippen LogP contribution in [0.3, 0.4) is 0 Å². The second-order valence-electron chi connectivity index (χ2n) is 2.47. The van der Waals surface area contributed by atoms with Crippen LogP contribution in [-0.2, 0) is 4.79 Å². The molecule has 1 fully saturated rings. The van der Waals surface area contributed by atoms with E-state index >= 15 is 0 Å². The normalized spacial score (nSPS) is 23.3. The van der Waals surface area contributed by atoms with Crippen LogP contribution in [0.2, 0.25) is 0 Å². The first-order valence-electron chi connectivity index (χ1n) is 3.57. The van der Waals surface area contributed by atoms with E-state index in [1.54, 1.807) is 7.05 Å². The van der Waals surface area contributed by atoms with E-state index in [0.29, 0.717) is 12.2 Å². The van der Waals surface area contributed by atoms with E-state index in [4.69, 9.17) is 0 Å². The summed E-state index contributed by atoms with van der Waals surface area (Å²) >= 11 is 0. The van der Waals surface area contributed by atoms with E-state index in [1.165, 1.54) is 0 Å². The second-order valence-corrected chi connectivity index (χ2v) is 2.47. The second kappa shape index (κ2) is 3.34. The third-order valence-corrected chi connectivity index (χ3v) is 1.59. The van der Waals surface area contributed by atoms with Gasteiger partial charge in [-0.25, -0.2) is 0 Å². The lowest BCUT2D eigenvalue weighted by Gasteiger charge is -2.10. The van der Waals surface area contributed by atoms with E-state index in [9.17, 15) is 4.79 Å². The quantitative estimate of drug-likeness (QED) is 0.545. The lowest BCUT2D eigenvalue weighted by molar-refractivity contribution is -0.118. The van der Waals surface area contributed by atoms with Crippen molar-refractivity contribution in [2.24, 2.45) is 5.10 Å². The van der Waals surface area contributed by atoms with Gasteiger partial charge in [0.2, 0.25) is 0 Å². The monoisotopic (exact) mass is 140 g/mol. The van der Waals surface area contributed by atoms with Crippen molar-refractivity contribution in [1.82, 2.24) is 5.43 Å². The molecule has 0 aromatic carbocycles. The largest absolute Gasteiger partial charge is 0.313 e. The van der Waals surface area contributed by atoms with Crippen LogP contribution in [0.15, 0.2) is 5.10 Å². The third kappa shape index (κ3) is 1.83. The first-order valence-corrected chi connectivity index (χ1v) is 3.57. The number of nitrogens with zero attached hydrogens (tertiary/aromatic N) is 1. The van der Waals surface area contributed by atoms with E-state index in [2.05, 4.69) is 10.5 Å². The first-order chi connectivity index (χ1) is 4.83. The van der Waals surface area contributed by atoms with Crippen LogP contribution >= 0.6 is 0 Å². The average Bonchev–Trinajstić information content (AvgIpc) is 1.88. The highest BCUT2D eigenvalue weighted by Gasteiger charge is 2.13.